The van der Waals surface area contributed by atoms with Gasteiger partial charge in [-0.15, -0.1) is 0 Å². The molecule has 1 aromatic rings. The van der Waals surface area contributed by atoms with Crippen molar-refractivity contribution < 1.29 is 8.39 Å². The lowest BCUT2D eigenvalue weighted by Crippen LogP contribution is -1.81. The van der Waals surface area contributed by atoms with Crippen molar-refractivity contribution in [3.8, 4) is 5.75 Å². The molecule has 0 aliphatic heterocycles. The maximum Gasteiger partial charge on any atom is 0.193 e. The summed E-state index contributed by atoms with van der Waals surface area (Å²) in [4.78, 5) is 0. The third-order valence-corrected chi connectivity index (χ3v) is 1.77. The molecule has 0 heterocycles. The van der Waals surface area contributed by atoms with E-state index in [4.69, 9.17) is 0 Å². The molecule has 0 amide bonds. The zero-order valence-corrected chi connectivity index (χ0v) is 7.43. The van der Waals surface area contributed by atoms with Crippen molar-refractivity contribution >= 4 is 27.9 Å². The van der Waals surface area contributed by atoms with Crippen LogP contribution in [-0.2, 0) is 11.9 Å². The van der Waals surface area contributed by atoms with Crippen LogP contribution in [0.4, 0.5) is 0 Å². The van der Waals surface area contributed by atoms with Gasteiger partial charge >= 0.3 is 0 Å². The van der Waals surface area contributed by atoms with Gasteiger partial charge in [-0.1, -0.05) is 15.9 Å². The summed E-state index contributed by atoms with van der Waals surface area (Å²) < 4.78 is 15.6. The van der Waals surface area contributed by atoms with E-state index in [0.29, 0.717) is 5.75 Å². The summed E-state index contributed by atoms with van der Waals surface area (Å²) in [7, 11) is 0. The average Bonchev–Trinajstić information content (AvgIpc) is 1.95. The number of hydrogen-bond acceptors (Lipinski definition) is 2. The predicted octanol–water partition coefficient (Wildman–Crippen LogP) is 1.69. The van der Waals surface area contributed by atoms with E-state index in [0.717, 1.165) is 4.47 Å². The van der Waals surface area contributed by atoms with E-state index in [1.807, 2.05) is 12.1 Å². The van der Waals surface area contributed by atoms with Crippen LogP contribution in [0.15, 0.2) is 28.7 Å². The number of benzene rings is 1. The van der Waals surface area contributed by atoms with Gasteiger partial charge in [0.1, 0.15) is 5.75 Å². The molecule has 0 atom stereocenters. The van der Waals surface area contributed by atoms with Gasteiger partial charge in [-0.25, -0.2) is 4.21 Å². The smallest absolute Gasteiger partial charge is 0.193 e. The molecule has 0 unspecified atom stereocenters. The third-order valence-electron chi connectivity index (χ3n) is 0.956. The molecule has 0 N–H and O–H groups in total. The Bertz CT molecular complexity index is 222. The standard InChI is InChI=1S/C6H5BrO2S/c7-5-1-3-6(4-2-5)9-10-8/h1-4,10H. The summed E-state index contributed by atoms with van der Waals surface area (Å²) in [5, 5.41) is 0. The van der Waals surface area contributed by atoms with Crippen LogP contribution in [0.5, 0.6) is 5.75 Å². The quantitative estimate of drug-likeness (QED) is 0.769. The second-order valence-electron chi connectivity index (χ2n) is 1.62. The van der Waals surface area contributed by atoms with Crippen molar-refractivity contribution in [2.45, 2.75) is 0 Å². The molecule has 0 saturated carbocycles. The molecule has 1 aromatic carbocycles. The molecule has 0 fully saturated rings. The number of thiol groups is 1. The topological polar surface area (TPSA) is 26.3 Å². The summed E-state index contributed by atoms with van der Waals surface area (Å²) in [6.45, 7) is 0. The fourth-order valence-electron chi connectivity index (χ4n) is 0.538. The molecule has 2 nitrogen and oxygen atoms in total. The molecular formula is C6H5BrO2S. The Morgan fingerprint density at radius 1 is 1.30 bits per heavy atom. The second kappa shape index (κ2) is 3.73. The van der Waals surface area contributed by atoms with Crippen LogP contribution in [0, 0.1) is 0 Å². The van der Waals surface area contributed by atoms with E-state index in [-0.39, 0.29) is 11.9 Å². The van der Waals surface area contributed by atoms with Crippen LogP contribution < -0.4 is 4.18 Å². The molecule has 0 aliphatic carbocycles. The van der Waals surface area contributed by atoms with E-state index >= 15 is 0 Å². The highest BCUT2D eigenvalue weighted by molar-refractivity contribution is 9.10. The largest absolute Gasteiger partial charge is 0.403 e. The fourth-order valence-corrected chi connectivity index (χ4v) is 1.01. The Balaban J connectivity index is 2.78. The first-order chi connectivity index (χ1) is 4.83. The normalized spacial score (nSPS) is 9.30. The van der Waals surface area contributed by atoms with Crippen molar-refractivity contribution in [3.05, 3.63) is 28.7 Å². The van der Waals surface area contributed by atoms with Gasteiger partial charge in [0.15, 0.2) is 11.9 Å². The summed E-state index contributed by atoms with van der Waals surface area (Å²) in [5.74, 6) is 0.597. The highest BCUT2D eigenvalue weighted by Crippen LogP contribution is 2.15. The Hall–Kier alpha value is -0.350. The van der Waals surface area contributed by atoms with Gasteiger partial charge in [-0.05, 0) is 24.3 Å². The molecule has 0 aliphatic rings. The Labute approximate surface area is 71.0 Å². The van der Waals surface area contributed by atoms with Crippen molar-refractivity contribution in [2.75, 3.05) is 0 Å². The Morgan fingerprint density at radius 2 is 1.90 bits per heavy atom. The number of hydrogen-bond donors (Lipinski definition) is 1. The lowest BCUT2D eigenvalue weighted by Gasteiger charge is -1.94. The van der Waals surface area contributed by atoms with Gasteiger partial charge in [0, 0.05) is 4.47 Å². The van der Waals surface area contributed by atoms with Gasteiger partial charge in [-0.2, -0.15) is 0 Å². The zero-order valence-electron chi connectivity index (χ0n) is 4.95. The molecular weight excluding hydrogens is 216 g/mol. The zero-order chi connectivity index (χ0) is 7.40. The SMILES string of the molecule is O=[SH]Oc1ccc(Br)cc1. The van der Waals surface area contributed by atoms with Crippen LogP contribution in [-0.4, -0.2) is 4.21 Å². The third kappa shape index (κ3) is 2.11. The molecule has 10 heavy (non-hydrogen) atoms. The molecule has 0 spiro atoms. The summed E-state index contributed by atoms with van der Waals surface area (Å²) in [5.41, 5.74) is 0. The van der Waals surface area contributed by atoms with E-state index in [1.54, 1.807) is 12.1 Å². The van der Waals surface area contributed by atoms with Gasteiger partial charge in [0.2, 0.25) is 0 Å². The first-order valence-corrected chi connectivity index (χ1v) is 4.10. The highest BCUT2D eigenvalue weighted by Gasteiger charge is 1.89. The molecule has 0 saturated heterocycles. The average molecular weight is 221 g/mol. The van der Waals surface area contributed by atoms with Gasteiger partial charge in [0.25, 0.3) is 0 Å². The van der Waals surface area contributed by atoms with Crippen molar-refractivity contribution in [2.24, 2.45) is 0 Å². The molecule has 4 heteroatoms. The van der Waals surface area contributed by atoms with Gasteiger partial charge < -0.3 is 4.18 Å². The van der Waals surface area contributed by atoms with E-state index in [9.17, 15) is 4.21 Å². The van der Waals surface area contributed by atoms with Gasteiger partial charge in [-0.3, -0.25) is 0 Å². The van der Waals surface area contributed by atoms with Crippen LogP contribution in [0.2, 0.25) is 0 Å². The van der Waals surface area contributed by atoms with E-state index in [1.165, 1.54) is 0 Å². The van der Waals surface area contributed by atoms with Crippen molar-refractivity contribution in [1.82, 2.24) is 0 Å². The first kappa shape index (κ1) is 7.75. The Morgan fingerprint density at radius 3 is 2.40 bits per heavy atom. The summed E-state index contributed by atoms with van der Waals surface area (Å²) in [6, 6.07) is 7.10. The molecule has 54 valence electrons. The second-order valence-corrected chi connectivity index (χ2v) is 2.87. The van der Waals surface area contributed by atoms with Crippen LogP contribution >= 0.6 is 15.9 Å². The predicted molar refractivity (Wildman–Crippen MR) is 44.3 cm³/mol. The minimum Gasteiger partial charge on any atom is -0.403 e. The first-order valence-electron chi connectivity index (χ1n) is 2.58. The number of rotatable bonds is 2. The van der Waals surface area contributed by atoms with Gasteiger partial charge in [0.05, 0.1) is 0 Å². The van der Waals surface area contributed by atoms with E-state index < -0.39 is 0 Å². The van der Waals surface area contributed by atoms with Crippen LogP contribution in [0.25, 0.3) is 0 Å². The van der Waals surface area contributed by atoms with Crippen LogP contribution in [0.3, 0.4) is 0 Å². The lowest BCUT2D eigenvalue weighted by molar-refractivity contribution is 0.581. The lowest BCUT2D eigenvalue weighted by atomic mass is 10.3. The number of halogens is 1. The monoisotopic (exact) mass is 220 g/mol. The molecule has 0 aromatic heterocycles. The van der Waals surface area contributed by atoms with E-state index in [2.05, 4.69) is 20.1 Å². The molecule has 0 bridgehead atoms. The maximum atomic E-state index is 9.92. The van der Waals surface area contributed by atoms with Crippen LogP contribution in [0.1, 0.15) is 0 Å². The summed E-state index contributed by atoms with van der Waals surface area (Å²) in [6.07, 6.45) is 0. The Kier molecular flexibility index (Phi) is 2.89. The van der Waals surface area contributed by atoms with Crippen molar-refractivity contribution in [1.29, 1.82) is 0 Å². The fraction of sp³-hybridized carbons (Fsp3) is 0. The van der Waals surface area contributed by atoms with Crippen molar-refractivity contribution in [3.63, 3.8) is 0 Å². The molecule has 0 radical (unpaired) electrons. The highest BCUT2D eigenvalue weighted by atomic mass is 79.9. The maximum absolute atomic E-state index is 9.92. The minimum absolute atomic E-state index is 0.319. The summed E-state index contributed by atoms with van der Waals surface area (Å²) >= 11 is 2.94. The minimum atomic E-state index is -0.319. The molecule has 1 rings (SSSR count).